The summed E-state index contributed by atoms with van der Waals surface area (Å²) in [7, 11) is 1.54. The first-order valence-electron chi connectivity index (χ1n) is 11.9. The van der Waals surface area contributed by atoms with Crippen LogP contribution in [0.2, 0.25) is 0 Å². The standard InChI is InChI=1S/C19H20N6.C6H13NO2/c20-11-14-4-7-21-15(10-14)25-12-19(5-3-6-19)16-17(22-13-23-18(16)25)24-8-1-2-9-24;1-6(2,3)9-5(8)7-4/h4,7,10,13H,1-3,5-6,8-9,12H2;1-4H3,(H,7,8). The normalized spacial score (nSPS) is 17.9. The summed E-state index contributed by atoms with van der Waals surface area (Å²) >= 11 is 0. The highest BCUT2D eigenvalue weighted by Gasteiger charge is 2.51. The monoisotopic (exact) mass is 463 g/mol. The van der Waals surface area contributed by atoms with Crippen molar-refractivity contribution >= 4 is 23.5 Å². The van der Waals surface area contributed by atoms with E-state index in [1.165, 1.54) is 44.7 Å². The molecule has 1 spiro atoms. The quantitative estimate of drug-likeness (QED) is 0.711. The Hall–Kier alpha value is -3.41. The van der Waals surface area contributed by atoms with Crippen molar-refractivity contribution in [1.29, 1.82) is 5.26 Å². The lowest BCUT2D eigenvalue weighted by atomic mass is 9.66. The largest absolute Gasteiger partial charge is 0.444 e. The second kappa shape index (κ2) is 9.45. The van der Waals surface area contributed by atoms with Crippen LogP contribution >= 0.6 is 0 Å². The lowest BCUT2D eigenvalue weighted by molar-refractivity contribution is 0.0541. The van der Waals surface area contributed by atoms with Crippen LogP contribution in [0.15, 0.2) is 24.7 Å². The molecular weight excluding hydrogens is 430 g/mol. The van der Waals surface area contributed by atoms with Crippen LogP contribution in [0.5, 0.6) is 0 Å². The fraction of sp³-hybridized carbons (Fsp3) is 0.560. The van der Waals surface area contributed by atoms with E-state index in [1.54, 1.807) is 18.6 Å². The first kappa shape index (κ1) is 23.7. The van der Waals surface area contributed by atoms with Gasteiger partial charge in [0.1, 0.15) is 29.4 Å². The van der Waals surface area contributed by atoms with Crippen LogP contribution in [0.25, 0.3) is 0 Å². The Morgan fingerprint density at radius 2 is 1.85 bits per heavy atom. The molecule has 3 aliphatic rings. The molecule has 1 saturated heterocycles. The number of nitrogens with one attached hydrogen (secondary N) is 1. The highest BCUT2D eigenvalue weighted by atomic mass is 16.6. The van der Waals surface area contributed by atoms with Crippen molar-refractivity contribution in [3.05, 3.63) is 35.8 Å². The molecule has 34 heavy (non-hydrogen) atoms. The Kier molecular flexibility index (Phi) is 6.60. The number of amides is 1. The summed E-state index contributed by atoms with van der Waals surface area (Å²) in [6.07, 6.45) is 9.11. The van der Waals surface area contributed by atoms with Crippen LogP contribution in [-0.2, 0) is 10.2 Å². The first-order valence-corrected chi connectivity index (χ1v) is 11.9. The third-order valence-electron chi connectivity index (χ3n) is 6.52. The minimum Gasteiger partial charge on any atom is -0.444 e. The van der Waals surface area contributed by atoms with Gasteiger partial charge < -0.3 is 19.9 Å². The van der Waals surface area contributed by atoms with Crippen LogP contribution in [0, 0.1) is 11.3 Å². The third-order valence-corrected chi connectivity index (χ3v) is 6.52. The molecule has 0 radical (unpaired) electrons. The predicted molar refractivity (Wildman–Crippen MR) is 130 cm³/mol. The Morgan fingerprint density at radius 1 is 1.15 bits per heavy atom. The Labute approximate surface area is 201 Å². The molecule has 0 aromatic carbocycles. The molecule has 1 N–H and O–H groups in total. The van der Waals surface area contributed by atoms with E-state index in [4.69, 9.17) is 4.74 Å². The van der Waals surface area contributed by atoms with Crippen molar-refractivity contribution in [2.75, 3.05) is 36.5 Å². The molecule has 2 aromatic rings. The number of hydrogen-bond donors (Lipinski definition) is 1. The second-order valence-corrected chi connectivity index (χ2v) is 10.1. The fourth-order valence-electron chi connectivity index (χ4n) is 4.84. The summed E-state index contributed by atoms with van der Waals surface area (Å²) in [5, 5.41) is 11.6. The zero-order valence-corrected chi connectivity index (χ0v) is 20.5. The highest BCUT2D eigenvalue weighted by Crippen LogP contribution is 2.56. The van der Waals surface area contributed by atoms with E-state index < -0.39 is 0 Å². The van der Waals surface area contributed by atoms with Gasteiger partial charge in [-0.05, 0) is 58.6 Å². The van der Waals surface area contributed by atoms with Gasteiger partial charge in [-0.2, -0.15) is 5.26 Å². The van der Waals surface area contributed by atoms with Gasteiger partial charge in [-0.15, -0.1) is 0 Å². The average Bonchev–Trinajstić information content (AvgIpc) is 3.45. The van der Waals surface area contributed by atoms with E-state index in [0.717, 1.165) is 37.1 Å². The van der Waals surface area contributed by atoms with Gasteiger partial charge in [-0.25, -0.2) is 19.7 Å². The number of anilines is 3. The van der Waals surface area contributed by atoms with Gasteiger partial charge >= 0.3 is 6.09 Å². The minimum atomic E-state index is -0.389. The molecule has 1 aliphatic carbocycles. The van der Waals surface area contributed by atoms with Gasteiger partial charge in [0, 0.05) is 43.9 Å². The molecule has 5 rings (SSSR count). The van der Waals surface area contributed by atoms with Gasteiger partial charge in [0.15, 0.2) is 0 Å². The highest BCUT2D eigenvalue weighted by molar-refractivity contribution is 5.74. The molecule has 2 fully saturated rings. The number of nitriles is 1. The number of hydrogen-bond acceptors (Lipinski definition) is 8. The molecule has 180 valence electrons. The predicted octanol–water partition coefficient (Wildman–Crippen LogP) is 4.06. The van der Waals surface area contributed by atoms with Crippen molar-refractivity contribution < 1.29 is 9.53 Å². The van der Waals surface area contributed by atoms with Crippen molar-refractivity contribution in [3.8, 4) is 6.07 Å². The average molecular weight is 464 g/mol. The maximum Gasteiger partial charge on any atom is 0.407 e. The number of fused-ring (bicyclic) bond motifs is 2. The summed E-state index contributed by atoms with van der Waals surface area (Å²) < 4.78 is 4.84. The van der Waals surface area contributed by atoms with Gasteiger partial charge in [0.2, 0.25) is 0 Å². The van der Waals surface area contributed by atoms with Crippen LogP contribution in [0.1, 0.15) is 64.0 Å². The first-order chi connectivity index (χ1) is 16.3. The smallest absolute Gasteiger partial charge is 0.407 e. The molecular formula is C25H33N7O2. The van der Waals surface area contributed by atoms with Gasteiger partial charge in [-0.1, -0.05) is 6.42 Å². The number of aromatic nitrogens is 3. The lowest BCUT2D eigenvalue weighted by Crippen LogP contribution is -2.39. The zero-order valence-electron chi connectivity index (χ0n) is 20.5. The number of pyridine rings is 1. The van der Waals surface area contributed by atoms with Crippen molar-refractivity contribution in [3.63, 3.8) is 0 Å². The van der Waals surface area contributed by atoms with Gasteiger partial charge in [-0.3, -0.25) is 0 Å². The van der Waals surface area contributed by atoms with E-state index in [2.05, 4.69) is 36.1 Å². The molecule has 4 heterocycles. The molecule has 0 bridgehead atoms. The number of nitrogens with zero attached hydrogens (tertiary/aromatic N) is 6. The van der Waals surface area contributed by atoms with Crippen LogP contribution < -0.4 is 15.1 Å². The fourth-order valence-corrected chi connectivity index (χ4v) is 4.84. The Bertz CT molecular complexity index is 1080. The SMILES string of the molecule is CNC(=O)OC(C)(C)C.N#Cc1ccnc(N2CC3(CCC3)c3c(N4CCCC4)ncnc32)c1. The maximum atomic E-state index is 10.5. The number of rotatable bonds is 2. The summed E-state index contributed by atoms with van der Waals surface area (Å²) in [5.74, 6) is 2.93. The molecule has 0 unspecified atom stereocenters. The Morgan fingerprint density at radius 3 is 2.41 bits per heavy atom. The maximum absolute atomic E-state index is 10.5. The lowest BCUT2D eigenvalue weighted by Gasteiger charge is -2.40. The van der Waals surface area contributed by atoms with E-state index in [9.17, 15) is 10.1 Å². The van der Waals surface area contributed by atoms with Crippen molar-refractivity contribution in [2.45, 2.75) is 63.9 Å². The molecule has 9 heteroatoms. The van der Waals surface area contributed by atoms with Gasteiger partial charge in [0.25, 0.3) is 0 Å². The molecule has 9 nitrogen and oxygen atoms in total. The topological polar surface area (TPSA) is 107 Å². The molecule has 0 atom stereocenters. The summed E-state index contributed by atoms with van der Waals surface area (Å²) in [6.45, 7) is 8.53. The van der Waals surface area contributed by atoms with E-state index in [-0.39, 0.29) is 17.1 Å². The van der Waals surface area contributed by atoms with Crippen molar-refractivity contribution in [2.24, 2.45) is 0 Å². The third kappa shape index (κ3) is 4.76. The van der Waals surface area contributed by atoms with Crippen LogP contribution in [0.4, 0.5) is 22.2 Å². The number of carbonyl (C=O) groups is 1. The van der Waals surface area contributed by atoms with E-state index in [1.807, 2.05) is 26.8 Å². The van der Waals surface area contributed by atoms with Crippen molar-refractivity contribution in [1.82, 2.24) is 20.3 Å². The summed E-state index contributed by atoms with van der Waals surface area (Å²) in [4.78, 5) is 29.0. The minimum absolute atomic E-state index is 0.152. The van der Waals surface area contributed by atoms with Gasteiger partial charge in [0.05, 0.1) is 11.6 Å². The summed E-state index contributed by atoms with van der Waals surface area (Å²) in [5.41, 5.74) is 1.71. The zero-order chi connectivity index (χ0) is 24.3. The second-order valence-electron chi connectivity index (χ2n) is 10.1. The molecule has 2 aliphatic heterocycles. The van der Waals surface area contributed by atoms with E-state index >= 15 is 0 Å². The number of ether oxygens (including phenoxy) is 1. The van der Waals surface area contributed by atoms with Crippen LogP contribution in [0.3, 0.4) is 0 Å². The Balaban J connectivity index is 0.000000262. The summed E-state index contributed by atoms with van der Waals surface area (Å²) in [6, 6.07) is 5.82. The van der Waals surface area contributed by atoms with Crippen LogP contribution in [-0.4, -0.2) is 53.3 Å². The molecule has 1 amide bonds. The number of carbonyl (C=O) groups excluding carboxylic acids is 1. The number of alkyl carbamates (subject to hydrolysis) is 1. The van der Waals surface area contributed by atoms with E-state index in [0.29, 0.717) is 5.56 Å². The molecule has 1 saturated carbocycles. The molecule has 2 aromatic heterocycles.